The van der Waals surface area contributed by atoms with E-state index in [2.05, 4.69) is 133 Å². The molecule has 0 aliphatic heterocycles. The number of hydrogen-bond acceptors (Lipinski definition) is 3. The van der Waals surface area contributed by atoms with E-state index in [4.69, 9.17) is 4.98 Å². The molecule has 10 aliphatic rings. The number of rotatable bonds is 8. The minimum absolute atomic E-state index is 0.0535. The van der Waals surface area contributed by atoms with Crippen molar-refractivity contribution in [2.45, 2.75) is 198 Å². The monoisotopic (exact) mass is 1000 g/mol. The molecule has 1 aromatic heterocycles. The topological polar surface area (TPSA) is 53.4 Å². The highest BCUT2D eigenvalue weighted by Crippen LogP contribution is 2.64. The molecule has 3 heteroatoms. The Bertz CT molecular complexity index is 2920. The third-order valence-electron chi connectivity index (χ3n) is 23.4. The number of pyridine rings is 1. The lowest BCUT2D eigenvalue weighted by Crippen LogP contribution is -2.48. The summed E-state index contributed by atoms with van der Waals surface area (Å²) in [6, 6.07) is 34.4. The Morgan fingerprint density at radius 2 is 0.667 bits per heavy atom. The highest BCUT2D eigenvalue weighted by molar-refractivity contribution is 5.89. The second-order valence-corrected chi connectivity index (χ2v) is 30.0. The maximum absolute atomic E-state index is 13.2. The third kappa shape index (κ3) is 8.49. The van der Waals surface area contributed by atoms with Crippen LogP contribution in [0.25, 0.3) is 44.8 Å². The fourth-order valence-electron chi connectivity index (χ4n) is 22.0. The summed E-state index contributed by atoms with van der Waals surface area (Å²) in [4.78, 5) is 5.68. The Morgan fingerprint density at radius 1 is 0.347 bits per heavy atom. The molecule has 5 aromatic rings. The van der Waals surface area contributed by atoms with Crippen LogP contribution < -0.4 is 0 Å². The SMILES string of the molecule is CC1CC2CC(C1)CC(C)(c1cc(C34CC(C)CC(CC(C)C3)C4)cc(-c3ccccc3-c3cccc(-c4ccccc4-c4cc(C56CC7CC(CC(C7)C5)C6)cc(C5(C)CC6CC(C)CC(C6)C5)c4O)n3)c1O)C2. The van der Waals surface area contributed by atoms with Crippen molar-refractivity contribution in [2.24, 2.45) is 71.0 Å². The molecule has 2 N–H and O–H groups in total. The molecule has 10 saturated carbocycles. The minimum Gasteiger partial charge on any atom is -0.507 e. The van der Waals surface area contributed by atoms with Crippen molar-refractivity contribution >= 4 is 0 Å². The van der Waals surface area contributed by atoms with Crippen molar-refractivity contribution in [3.63, 3.8) is 0 Å². The standard InChI is InChI=1S/C72H89NO2/c1-43-18-48-24-49(19-43)36-69(5,35-48)63-31-55(71-33-45(3)22-47(39-71)23-46(4)34-71)29-61(67(63)74)57-12-7-9-14-59(57)65-16-11-17-66(73-65)60-15-10-8-13-58(60)62-30-56(72-40-52-26-53(41-72)28-54(27-52)42-72)32-64(68(62)75)70(6)37-50-20-44(2)21-51(25-50)38-70/h7-17,29-32,43-54,74-75H,18-28,33-42H2,1-6H3. The first kappa shape index (κ1) is 49.0. The number of aromatic hydroxyl groups is 2. The van der Waals surface area contributed by atoms with Crippen LogP contribution in [0.1, 0.15) is 199 Å². The van der Waals surface area contributed by atoms with Gasteiger partial charge < -0.3 is 10.2 Å². The normalized spacial score (nSPS) is 39.6. The number of fused-ring (bicyclic) bond motifs is 6. The first-order chi connectivity index (χ1) is 36.1. The summed E-state index contributed by atoms with van der Waals surface area (Å²) in [6.07, 6.45) is 27.4. The van der Waals surface area contributed by atoms with Gasteiger partial charge in [0.1, 0.15) is 11.5 Å². The van der Waals surface area contributed by atoms with Gasteiger partial charge >= 0.3 is 0 Å². The van der Waals surface area contributed by atoms with Crippen LogP contribution in [0.3, 0.4) is 0 Å². The van der Waals surface area contributed by atoms with Gasteiger partial charge in [0, 0.05) is 33.4 Å². The number of aromatic nitrogens is 1. The molecule has 0 radical (unpaired) electrons. The number of nitrogens with zero attached hydrogens (tertiary/aromatic N) is 1. The number of phenolic OH excluding ortho intramolecular Hbond substituents is 2. The Balaban J connectivity index is 0.891. The molecule has 3 nitrogen and oxygen atoms in total. The summed E-state index contributed by atoms with van der Waals surface area (Å²) >= 11 is 0. The van der Waals surface area contributed by atoms with Gasteiger partial charge in [0.05, 0.1) is 11.4 Å². The summed E-state index contributed by atoms with van der Waals surface area (Å²) in [5.74, 6) is 10.3. The lowest BCUT2D eigenvalue weighted by molar-refractivity contribution is -0.00530. The van der Waals surface area contributed by atoms with Crippen LogP contribution in [-0.4, -0.2) is 15.2 Å². The van der Waals surface area contributed by atoms with Gasteiger partial charge in [-0.2, -0.15) is 0 Å². The predicted molar refractivity (Wildman–Crippen MR) is 309 cm³/mol. The van der Waals surface area contributed by atoms with Crippen molar-refractivity contribution in [3.05, 3.63) is 113 Å². The molecule has 0 amide bonds. The maximum atomic E-state index is 13.2. The molecule has 0 saturated heterocycles. The van der Waals surface area contributed by atoms with Crippen molar-refractivity contribution in [3.8, 4) is 56.3 Å². The quantitative estimate of drug-likeness (QED) is 0.163. The molecule has 10 fully saturated rings. The van der Waals surface area contributed by atoms with Gasteiger partial charge in [-0.25, -0.2) is 4.98 Å². The van der Waals surface area contributed by atoms with Gasteiger partial charge in [-0.3, -0.25) is 0 Å². The summed E-state index contributed by atoms with van der Waals surface area (Å²) in [6.45, 7) is 15.0. The van der Waals surface area contributed by atoms with Gasteiger partial charge in [0.25, 0.3) is 0 Å². The van der Waals surface area contributed by atoms with Crippen LogP contribution in [0.5, 0.6) is 11.5 Å². The van der Waals surface area contributed by atoms with E-state index in [1.807, 2.05) is 0 Å². The minimum atomic E-state index is -0.0691. The first-order valence-electron chi connectivity index (χ1n) is 31.0. The van der Waals surface area contributed by atoms with Crippen molar-refractivity contribution < 1.29 is 10.2 Å². The van der Waals surface area contributed by atoms with Crippen LogP contribution in [0.4, 0.5) is 0 Å². The van der Waals surface area contributed by atoms with E-state index in [9.17, 15) is 10.2 Å². The fourth-order valence-corrected chi connectivity index (χ4v) is 22.0. The zero-order valence-electron chi connectivity index (χ0n) is 46.8. The maximum Gasteiger partial charge on any atom is 0.127 e. The summed E-state index contributed by atoms with van der Waals surface area (Å²) < 4.78 is 0. The van der Waals surface area contributed by atoms with Gasteiger partial charge in [-0.05, 0) is 274 Å². The van der Waals surface area contributed by atoms with E-state index in [1.54, 1.807) is 0 Å². The average molecular weight is 1000 g/mol. The van der Waals surface area contributed by atoms with Gasteiger partial charge in [-0.15, -0.1) is 0 Å². The smallest absolute Gasteiger partial charge is 0.127 e. The van der Waals surface area contributed by atoms with Crippen LogP contribution in [0.15, 0.2) is 91.0 Å². The van der Waals surface area contributed by atoms with Crippen LogP contribution in [0.2, 0.25) is 0 Å². The molecule has 0 spiro atoms. The number of benzene rings is 4. The summed E-state index contributed by atoms with van der Waals surface area (Å²) in [7, 11) is 0. The molecule has 6 unspecified atom stereocenters. The van der Waals surface area contributed by atoms with E-state index < -0.39 is 0 Å². The van der Waals surface area contributed by atoms with Gasteiger partial charge in [0.15, 0.2) is 0 Å². The fraction of sp³-hybridized carbons (Fsp3) is 0.597. The third-order valence-corrected chi connectivity index (χ3v) is 23.4. The summed E-state index contributed by atoms with van der Waals surface area (Å²) in [5, 5.41) is 26.3. The first-order valence-corrected chi connectivity index (χ1v) is 31.0. The summed E-state index contributed by atoms with van der Waals surface area (Å²) in [5.41, 5.74) is 13.8. The zero-order chi connectivity index (χ0) is 51.2. The van der Waals surface area contributed by atoms with Crippen molar-refractivity contribution in [1.29, 1.82) is 0 Å². The van der Waals surface area contributed by atoms with E-state index in [-0.39, 0.29) is 21.7 Å². The van der Waals surface area contributed by atoms with E-state index in [0.29, 0.717) is 23.3 Å². The van der Waals surface area contributed by atoms with E-state index in [0.717, 1.165) is 104 Å². The molecule has 10 aliphatic carbocycles. The second-order valence-electron chi connectivity index (χ2n) is 30.0. The Labute approximate surface area is 451 Å². The Kier molecular flexibility index (Phi) is 11.8. The highest BCUT2D eigenvalue weighted by Gasteiger charge is 2.53. The molecule has 4 aromatic carbocycles. The highest BCUT2D eigenvalue weighted by atomic mass is 16.3. The molecule has 10 bridgehead atoms. The molecule has 394 valence electrons. The molecule has 1 heterocycles. The number of phenols is 2. The van der Waals surface area contributed by atoms with Gasteiger partial charge in [0.2, 0.25) is 0 Å². The average Bonchev–Trinajstić information content (AvgIpc) is 3.35. The molecule has 15 rings (SSSR count). The largest absolute Gasteiger partial charge is 0.507 e. The van der Waals surface area contributed by atoms with E-state index >= 15 is 0 Å². The molecule has 75 heavy (non-hydrogen) atoms. The zero-order valence-corrected chi connectivity index (χ0v) is 46.8. The number of hydrogen-bond donors (Lipinski definition) is 2. The van der Waals surface area contributed by atoms with Crippen LogP contribution >= 0.6 is 0 Å². The van der Waals surface area contributed by atoms with Crippen molar-refractivity contribution in [2.75, 3.05) is 0 Å². The van der Waals surface area contributed by atoms with Crippen molar-refractivity contribution in [1.82, 2.24) is 4.98 Å². The lowest BCUT2D eigenvalue weighted by atomic mass is 9.47. The second kappa shape index (κ2) is 18.1. The molecule has 6 atom stereocenters. The van der Waals surface area contributed by atoms with Crippen LogP contribution in [-0.2, 0) is 21.7 Å². The Morgan fingerprint density at radius 3 is 1.05 bits per heavy atom. The molecular weight excluding hydrogens is 911 g/mol. The van der Waals surface area contributed by atoms with Crippen LogP contribution in [0, 0.1) is 71.0 Å². The lowest BCUT2D eigenvalue weighted by Gasteiger charge is -2.57. The Hall–Kier alpha value is -4.37. The van der Waals surface area contributed by atoms with E-state index in [1.165, 1.54) is 157 Å². The van der Waals surface area contributed by atoms with Gasteiger partial charge in [-0.1, -0.05) is 108 Å². The predicted octanol–water partition coefficient (Wildman–Crippen LogP) is 18.9. The molecular formula is C72H89NO2.